The van der Waals surface area contributed by atoms with E-state index >= 15 is 0 Å². The lowest BCUT2D eigenvalue weighted by Gasteiger charge is -2.59. The number of carbonyl (C=O) groups excluding carboxylic acids is 1. The van der Waals surface area contributed by atoms with Gasteiger partial charge in [0.25, 0.3) is 0 Å². The molecule has 0 aromatic carbocycles. The standard InChI is InChI=1S/C15H24O6S/c1-15(21-14(16)9-20-2-3-22(17,18)19)12-5-10-4-11(7-12)8-13(15)6-10/h10-13H,2-9H2,1H3,(H,17,18,19)/p-1. The minimum atomic E-state index is -4.30. The summed E-state index contributed by atoms with van der Waals surface area (Å²) in [4.78, 5) is 12.0. The highest BCUT2D eigenvalue weighted by atomic mass is 32.2. The summed E-state index contributed by atoms with van der Waals surface area (Å²) in [7, 11) is -4.30. The predicted octanol–water partition coefficient (Wildman–Crippen LogP) is 1.31. The van der Waals surface area contributed by atoms with Gasteiger partial charge in [-0.05, 0) is 62.7 Å². The maximum atomic E-state index is 12.0. The smallest absolute Gasteiger partial charge is 0.332 e. The van der Waals surface area contributed by atoms with Crippen LogP contribution in [-0.4, -0.2) is 43.5 Å². The second kappa shape index (κ2) is 5.76. The van der Waals surface area contributed by atoms with Gasteiger partial charge in [-0.15, -0.1) is 0 Å². The summed E-state index contributed by atoms with van der Waals surface area (Å²) in [6.45, 7) is 1.48. The van der Waals surface area contributed by atoms with E-state index in [2.05, 4.69) is 0 Å². The van der Waals surface area contributed by atoms with Gasteiger partial charge in [-0.25, -0.2) is 13.2 Å². The van der Waals surface area contributed by atoms with Crippen LogP contribution in [0.5, 0.6) is 0 Å². The monoisotopic (exact) mass is 331 g/mol. The fourth-order valence-corrected chi connectivity index (χ4v) is 5.20. The highest BCUT2D eigenvalue weighted by Crippen LogP contribution is 2.59. The normalized spacial score (nSPS) is 39.9. The SMILES string of the molecule is CC1(OC(=O)COCCS(=O)(=O)[O-])C2CC3CC(C2)CC1C3. The predicted molar refractivity (Wildman–Crippen MR) is 76.9 cm³/mol. The molecule has 7 heteroatoms. The molecule has 0 spiro atoms. The fourth-order valence-electron chi connectivity index (χ4n) is 4.88. The average molecular weight is 331 g/mol. The summed E-state index contributed by atoms with van der Waals surface area (Å²) >= 11 is 0. The van der Waals surface area contributed by atoms with Crippen molar-refractivity contribution in [2.24, 2.45) is 23.7 Å². The fraction of sp³-hybridized carbons (Fsp3) is 0.933. The van der Waals surface area contributed by atoms with E-state index in [0.29, 0.717) is 11.8 Å². The molecule has 4 aliphatic carbocycles. The molecule has 0 aromatic rings. The Bertz CT molecular complexity index is 512. The van der Waals surface area contributed by atoms with E-state index in [-0.39, 0.29) is 13.2 Å². The van der Waals surface area contributed by atoms with Gasteiger partial charge >= 0.3 is 5.97 Å². The highest BCUT2D eigenvalue weighted by Gasteiger charge is 2.56. The van der Waals surface area contributed by atoms with E-state index in [1.807, 2.05) is 6.92 Å². The van der Waals surface area contributed by atoms with Crippen LogP contribution in [0.15, 0.2) is 0 Å². The maximum absolute atomic E-state index is 12.0. The molecule has 4 fully saturated rings. The molecule has 0 radical (unpaired) electrons. The molecule has 22 heavy (non-hydrogen) atoms. The van der Waals surface area contributed by atoms with Crippen LogP contribution in [0.3, 0.4) is 0 Å². The van der Waals surface area contributed by atoms with Gasteiger partial charge in [0.1, 0.15) is 12.2 Å². The Morgan fingerprint density at radius 1 is 1.14 bits per heavy atom. The number of hydrogen-bond donors (Lipinski definition) is 0. The zero-order valence-corrected chi connectivity index (χ0v) is 13.6. The molecule has 4 aliphatic rings. The number of rotatable bonds is 6. The van der Waals surface area contributed by atoms with Gasteiger partial charge < -0.3 is 14.0 Å². The van der Waals surface area contributed by atoms with E-state index in [9.17, 15) is 17.8 Å². The molecule has 4 saturated carbocycles. The lowest BCUT2D eigenvalue weighted by molar-refractivity contribution is -0.206. The average Bonchev–Trinajstić information content (AvgIpc) is 2.39. The minimum absolute atomic E-state index is 0.269. The molecule has 0 heterocycles. The largest absolute Gasteiger partial charge is 0.748 e. The quantitative estimate of drug-likeness (QED) is 0.414. The van der Waals surface area contributed by atoms with Crippen molar-refractivity contribution in [3.05, 3.63) is 0 Å². The summed E-state index contributed by atoms with van der Waals surface area (Å²) in [5.74, 6) is 1.40. The van der Waals surface area contributed by atoms with Crippen molar-refractivity contribution in [1.82, 2.24) is 0 Å². The minimum Gasteiger partial charge on any atom is -0.748 e. The lowest BCUT2D eigenvalue weighted by atomic mass is 9.50. The molecule has 0 aliphatic heterocycles. The number of carbonyl (C=O) groups is 1. The lowest BCUT2D eigenvalue weighted by Crippen LogP contribution is -2.58. The molecule has 6 nitrogen and oxygen atoms in total. The first-order valence-electron chi connectivity index (χ1n) is 7.99. The third-order valence-electron chi connectivity index (χ3n) is 5.79. The van der Waals surface area contributed by atoms with E-state index in [1.165, 1.54) is 6.42 Å². The summed E-state index contributed by atoms with van der Waals surface area (Å²) in [5, 5.41) is 0. The van der Waals surface area contributed by atoms with Crippen molar-refractivity contribution < 1.29 is 27.2 Å². The first kappa shape index (κ1) is 16.2. The van der Waals surface area contributed by atoms with E-state index in [1.54, 1.807) is 0 Å². The first-order valence-corrected chi connectivity index (χ1v) is 9.57. The van der Waals surface area contributed by atoms with Gasteiger partial charge in [-0.3, -0.25) is 0 Å². The molecule has 0 amide bonds. The summed E-state index contributed by atoms with van der Waals surface area (Å²) in [6, 6.07) is 0. The topological polar surface area (TPSA) is 92.7 Å². The molecule has 0 atom stereocenters. The van der Waals surface area contributed by atoms with Crippen molar-refractivity contribution in [3.63, 3.8) is 0 Å². The van der Waals surface area contributed by atoms with E-state index in [0.717, 1.165) is 37.5 Å². The van der Waals surface area contributed by atoms with Gasteiger partial charge in [-0.2, -0.15) is 0 Å². The van der Waals surface area contributed by atoms with Crippen LogP contribution in [-0.2, 0) is 24.4 Å². The Balaban J connectivity index is 1.51. The van der Waals surface area contributed by atoms with E-state index < -0.39 is 27.4 Å². The first-order chi connectivity index (χ1) is 10.3. The number of hydrogen-bond acceptors (Lipinski definition) is 6. The number of esters is 1. The van der Waals surface area contributed by atoms with Crippen molar-refractivity contribution in [3.8, 4) is 0 Å². The number of ether oxygens (including phenoxy) is 2. The Hall–Kier alpha value is -0.660. The zero-order valence-electron chi connectivity index (χ0n) is 12.8. The van der Waals surface area contributed by atoms with Crippen molar-refractivity contribution in [2.75, 3.05) is 19.0 Å². The second-order valence-corrected chi connectivity index (χ2v) is 8.80. The molecule has 0 saturated heterocycles. The Kier molecular flexibility index (Phi) is 4.24. The van der Waals surface area contributed by atoms with Crippen molar-refractivity contribution in [1.29, 1.82) is 0 Å². The Morgan fingerprint density at radius 2 is 1.68 bits per heavy atom. The summed E-state index contributed by atoms with van der Waals surface area (Å²) in [5.41, 5.74) is -0.404. The van der Waals surface area contributed by atoms with Crippen LogP contribution in [0, 0.1) is 23.7 Å². The molecule has 0 N–H and O–H groups in total. The van der Waals surface area contributed by atoms with Gasteiger partial charge in [-0.1, -0.05) is 0 Å². The second-order valence-electron chi connectivity index (χ2n) is 7.28. The molecular weight excluding hydrogens is 308 g/mol. The van der Waals surface area contributed by atoms with Gasteiger partial charge in [0.15, 0.2) is 0 Å². The van der Waals surface area contributed by atoms with Crippen LogP contribution >= 0.6 is 0 Å². The van der Waals surface area contributed by atoms with E-state index in [4.69, 9.17) is 9.47 Å². The molecule has 126 valence electrons. The van der Waals surface area contributed by atoms with Gasteiger partial charge in [0.05, 0.1) is 22.5 Å². The van der Waals surface area contributed by atoms with Crippen LogP contribution in [0.4, 0.5) is 0 Å². The van der Waals surface area contributed by atoms with Gasteiger partial charge in [0.2, 0.25) is 0 Å². The van der Waals surface area contributed by atoms with Crippen molar-refractivity contribution in [2.45, 2.75) is 44.6 Å². The summed E-state index contributed by atoms with van der Waals surface area (Å²) in [6.07, 6.45) is 5.92. The third-order valence-corrected chi connectivity index (χ3v) is 6.46. The third kappa shape index (κ3) is 3.31. The zero-order chi connectivity index (χ0) is 16.0. The van der Waals surface area contributed by atoms with Crippen LogP contribution in [0.2, 0.25) is 0 Å². The highest BCUT2D eigenvalue weighted by molar-refractivity contribution is 7.85. The van der Waals surface area contributed by atoms with Crippen molar-refractivity contribution >= 4 is 16.1 Å². The molecular formula is C15H23O6S-. The van der Waals surface area contributed by atoms with Crippen LogP contribution in [0.25, 0.3) is 0 Å². The molecule has 4 bridgehead atoms. The molecule has 4 rings (SSSR count). The summed E-state index contributed by atoms with van der Waals surface area (Å²) < 4.78 is 42.1. The Morgan fingerprint density at radius 3 is 2.18 bits per heavy atom. The van der Waals surface area contributed by atoms with Crippen LogP contribution in [0.1, 0.15) is 39.0 Å². The molecule has 0 unspecified atom stereocenters. The van der Waals surface area contributed by atoms with Crippen LogP contribution < -0.4 is 0 Å². The Labute approximate surface area is 131 Å². The molecule has 0 aromatic heterocycles. The van der Waals surface area contributed by atoms with Gasteiger partial charge in [0, 0.05) is 0 Å². The maximum Gasteiger partial charge on any atom is 0.332 e.